The van der Waals surface area contributed by atoms with E-state index in [9.17, 15) is 0 Å². The largest absolute Gasteiger partial charge is 0.445 e. The summed E-state index contributed by atoms with van der Waals surface area (Å²) in [5.74, 6) is 0.815. The van der Waals surface area contributed by atoms with Crippen LogP contribution in [0.1, 0.15) is 5.76 Å². The Hall–Kier alpha value is -0.770. The molecule has 0 unspecified atom stereocenters. The number of rotatable bonds is 3. The monoisotopic (exact) mass is 226 g/mol. The summed E-state index contributed by atoms with van der Waals surface area (Å²) in [4.78, 5) is 2.40. The Kier molecular flexibility index (Phi) is 3.83. The topological polar surface area (TPSA) is 28.4 Å². The SMILES string of the molecule is Clc1ccc(/C=C\CN2CCNCC2)o1. The number of nitrogens with one attached hydrogen (secondary N) is 1. The van der Waals surface area contributed by atoms with Crippen molar-refractivity contribution in [2.24, 2.45) is 0 Å². The van der Waals surface area contributed by atoms with E-state index in [4.69, 9.17) is 16.0 Å². The van der Waals surface area contributed by atoms with Gasteiger partial charge in [0.05, 0.1) is 0 Å². The van der Waals surface area contributed by atoms with Gasteiger partial charge in [-0.3, -0.25) is 4.90 Å². The van der Waals surface area contributed by atoms with Crippen molar-refractivity contribution in [2.45, 2.75) is 0 Å². The Balaban J connectivity index is 1.79. The molecule has 1 aromatic heterocycles. The van der Waals surface area contributed by atoms with Crippen LogP contribution in [0.2, 0.25) is 5.22 Å². The molecule has 0 radical (unpaired) electrons. The number of hydrogen-bond acceptors (Lipinski definition) is 3. The molecule has 1 saturated heterocycles. The van der Waals surface area contributed by atoms with E-state index < -0.39 is 0 Å². The van der Waals surface area contributed by atoms with E-state index in [0.29, 0.717) is 5.22 Å². The van der Waals surface area contributed by atoms with E-state index in [1.165, 1.54) is 0 Å². The van der Waals surface area contributed by atoms with Gasteiger partial charge in [-0.25, -0.2) is 0 Å². The average Bonchev–Trinajstić information content (AvgIpc) is 2.66. The molecular formula is C11H15ClN2O. The maximum atomic E-state index is 5.67. The van der Waals surface area contributed by atoms with E-state index in [1.807, 2.05) is 12.1 Å². The van der Waals surface area contributed by atoms with Crippen LogP contribution in [0.25, 0.3) is 6.08 Å². The molecular weight excluding hydrogens is 212 g/mol. The second kappa shape index (κ2) is 5.35. The predicted molar refractivity (Wildman–Crippen MR) is 62.1 cm³/mol. The van der Waals surface area contributed by atoms with Crippen LogP contribution in [-0.4, -0.2) is 37.6 Å². The van der Waals surface area contributed by atoms with E-state index in [2.05, 4.69) is 16.3 Å². The summed E-state index contributed by atoms with van der Waals surface area (Å²) in [5, 5.41) is 3.77. The summed E-state index contributed by atoms with van der Waals surface area (Å²) >= 11 is 5.67. The van der Waals surface area contributed by atoms with Gasteiger partial charge in [0.1, 0.15) is 5.76 Å². The second-order valence-electron chi connectivity index (χ2n) is 3.59. The van der Waals surface area contributed by atoms with Crippen LogP contribution in [0.4, 0.5) is 0 Å². The summed E-state index contributed by atoms with van der Waals surface area (Å²) in [6, 6.07) is 3.63. The zero-order valence-corrected chi connectivity index (χ0v) is 9.33. The minimum absolute atomic E-state index is 0.442. The van der Waals surface area contributed by atoms with Crippen molar-refractivity contribution in [2.75, 3.05) is 32.7 Å². The number of hydrogen-bond donors (Lipinski definition) is 1. The van der Waals surface area contributed by atoms with E-state index >= 15 is 0 Å². The highest BCUT2D eigenvalue weighted by atomic mass is 35.5. The summed E-state index contributed by atoms with van der Waals surface area (Å²) in [5.41, 5.74) is 0. The Labute approximate surface area is 94.7 Å². The van der Waals surface area contributed by atoms with Gasteiger partial charge in [-0.2, -0.15) is 0 Å². The highest BCUT2D eigenvalue weighted by Gasteiger charge is 2.06. The first kappa shape index (κ1) is 10.7. The molecule has 1 aromatic rings. The van der Waals surface area contributed by atoms with Crippen LogP contribution in [0.15, 0.2) is 22.6 Å². The van der Waals surface area contributed by atoms with Crippen molar-refractivity contribution in [1.82, 2.24) is 10.2 Å². The van der Waals surface area contributed by atoms with Gasteiger partial charge in [-0.1, -0.05) is 6.08 Å². The quantitative estimate of drug-likeness (QED) is 0.853. The highest BCUT2D eigenvalue weighted by molar-refractivity contribution is 6.28. The highest BCUT2D eigenvalue weighted by Crippen LogP contribution is 2.14. The molecule has 0 spiro atoms. The van der Waals surface area contributed by atoms with Crippen molar-refractivity contribution in [3.8, 4) is 0 Å². The zero-order valence-electron chi connectivity index (χ0n) is 8.58. The molecule has 0 saturated carbocycles. The number of nitrogens with zero attached hydrogens (tertiary/aromatic N) is 1. The maximum Gasteiger partial charge on any atom is 0.193 e. The van der Waals surface area contributed by atoms with Crippen molar-refractivity contribution < 1.29 is 4.42 Å². The van der Waals surface area contributed by atoms with Crippen LogP contribution in [0, 0.1) is 0 Å². The molecule has 1 fully saturated rings. The van der Waals surface area contributed by atoms with Gasteiger partial charge in [0.25, 0.3) is 0 Å². The number of piperazine rings is 1. The molecule has 82 valence electrons. The van der Waals surface area contributed by atoms with Gasteiger partial charge in [0, 0.05) is 32.7 Å². The van der Waals surface area contributed by atoms with Gasteiger partial charge in [0.15, 0.2) is 5.22 Å². The third-order valence-electron chi connectivity index (χ3n) is 2.45. The molecule has 1 aliphatic heterocycles. The lowest BCUT2D eigenvalue weighted by molar-refractivity contribution is 0.265. The number of furan rings is 1. The van der Waals surface area contributed by atoms with Gasteiger partial charge in [-0.15, -0.1) is 0 Å². The average molecular weight is 227 g/mol. The number of halogens is 1. The van der Waals surface area contributed by atoms with E-state index in [1.54, 1.807) is 6.07 Å². The van der Waals surface area contributed by atoms with Crippen molar-refractivity contribution in [3.05, 3.63) is 29.2 Å². The smallest absolute Gasteiger partial charge is 0.193 e. The van der Waals surface area contributed by atoms with Crippen molar-refractivity contribution in [3.63, 3.8) is 0 Å². The third-order valence-corrected chi connectivity index (χ3v) is 2.65. The van der Waals surface area contributed by atoms with Gasteiger partial charge < -0.3 is 9.73 Å². The molecule has 4 heteroatoms. The molecule has 0 aliphatic carbocycles. The minimum Gasteiger partial charge on any atom is -0.445 e. The fraction of sp³-hybridized carbons (Fsp3) is 0.455. The van der Waals surface area contributed by atoms with Crippen LogP contribution >= 0.6 is 11.6 Å². The first-order valence-corrected chi connectivity index (χ1v) is 5.57. The van der Waals surface area contributed by atoms with Gasteiger partial charge in [0.2, 0.25) is 0 Å². The first-order chi connectivity index (χ1) is 7.34. The molecule has 2 heterocycles. The van der Waals surface area contributed by atoms with Crippen molar-refractivity contribution >= 4 is 17.7 Å². The van der Waals surface area contributed by atoms with Crippen LogP contribution < -0.4 is 5.32 Å². The molecule has 15 heavy (non-hydrogen) atoms. The molecule has 1 N–H and O–H groups in total. The third kappa shape index (κ3) is 3.38. The molecule has 0 bridgehead atoms. The molecule has 1 aliphatic rings. The molecule has 3 nitrogen and oxygen atoms in total. The molecule has 0 atom stereocenters. The Morgan fingerprint density at radius 1 is 1.40 bits per heavy atom. The minimum atomic E-state index is 0.442. The van der Waals surface area contributed by atoms with E-state index in [0.717, 1.165) is 38.5 Å². The Morgan fingerprint density at radius 2 is 2.20 bits per heavy atom. The molecule has 0 aromatic carbocycles. The normalized spacial score (nSPS) is 18.7. The standard InChI is InChI=1S/C11H15ClN2O/c12-11-4-3-10(15-11)2-1-7-14-8-5-13-6-9-14/h1-4,13H,5-9H2/b2-1-. The van der Waals surface area contributed by atoms with Crippen molar-refractivity contribution in [1.29, 1.82) is 0 Å². The summed E-state index contributed by atoms with van der Waals surface area (Å²) in [7, 11) is 0. The summed E-state index contributed by atoms with van der Waals surface area (Å²) < 4.78 is 5.22. The van der Waals surface area contributed by atoms with Gasteiger partial charge in [-0.05, 0) is 29.8 Å². The predicted octanol–water partition coefficient (Wildman–Crippen LogP) is 1.85. The fourth-order valence-electron chi connectivity index (χ4n) is 1.63. The summed E-state index contributed by atoms with van der Waals surface area (Å²) in [6.07, 6.45) is 4.08. The van der Waals surface area contributed by atoms with Crippen LogP contribution in [0.5, 0.6) is 0 Å². The lowest BCUT2D eigenvalue weighted by atomic mass is 10.3. The second-order valence-corrected chi connectivity index (χ2v) is 3.97. The molecule has 2 rings (SSSR count). The van der Waals surface area contributed by atoms with Gasteiger partial charge >= 0.3 is 0 Å². The lowest BCUT2D eigenvalue weighted by Crippen LogP contribution is -2.43. The molecule has 0 amide bonds. The van der Waals surface area contributed by atoms with Crippen LogP contribution in [-0.2, 0) is 0 Å². The van der Waals surface area contributed by atoms with Crippen LogP contribution in [0.3, 0.4) is 0 Å². The maximum absolute atomic E-state index is 5.67. The fourth-order valence-corrected chi connectivity index (χ4v) is 1.78. The zero-order chi connectivity index (χ0) is 10.5. The lowest BCUT2D eigenvalue weighted by Gasteiger charge is -2.25. The Bertz CT molecular complexity index is 329. The van der Waals surface area contributed by atoms with E-state index in [-0.39, 0.29) is 0 Å². The summed E-state index contributed by atoms with van der Waals surface area (Å²) in [6.45, 7) is 5.37. The Morgan fingerprint density at radius 3 is 2.87 bits per heavy atom. The first-order valence-electron chi connectivity index (χ1n) is 5.19.